The Morgan fingerprint density at radius 3 is 1.29 bits per heavy atom. The minimum Gasteiger partial charge on any atom is -0.422 e. The fraction of sp³-hybridized carbons (Fsp3) is 0.438. The Morgan fingerprint density at radius 2 is 0.941 bits per heavy atom. The number of aliphatic hydroxyl groups excluding tert-OH is 6. The molecule has 0 unspecified atom stereocenters. The molecule has 0 aliphatic carbocycles. The largest absolute Gasteiger partial charge is 0.422 e. The van der Waals surface area contributed by atoms with Gasteiger partial charge in [0.05, 0.1) is 13.2 Å². The molecule has 2 saturated heterocycles. The molecule has 8 N–H and O–H groups in total. The summed E-state index contributed by atoms with van der Waals surface area (Å²) in [5, 5.41) is 87.7. The lowest BCUT2D eigenvalue weighted by molar-refractivity contribution is -0.263. The molecular formula is C32H30F4O14S. The number of hydrogen-bond acceptors (Lipinski definition) is 15. The number of aliphatic hydroxyl groups is 8. The minimum absolute atomic E-state index is 0.114. The van der Waals surface area contributed by atoms with Gasteiger partial charge >= 0.3 is 11.3 Å². The van der Waals surface area contributed by atoms with Gasteiger partial charge in [-0.1, -0.05) is 11.8 Å². The molecule has 2 aliphatic rings. The number of halogens is 4. The van der Waals surface area contributed by atoms with Crippen LogP contribution in [-0.4, -0.2) is 113 Å². The summed E-state index contributed by atoms with van der Waals surface area (Å²) in [5.74, 6) is -5.18. The number of fused-ring (bicyclic) bond motifs is 2. The maximum Gasteiger partial charge on any atom is 0.339 e. The van der Waals surface area contributed by atoms with Crippen molar-refractivity contribution >= 4 is 33.7 Å². The van der Waals surface area contributed by atoms with Crippen molar-refractivity contribution in [3.63, 3.8) is 0 Å². The molecule has 0 spiro atoms. The molecule has 2 fully saturated rings. The number of thioether (sulfide) groups is 1. The molecule has 19 heteroatoms. The Balaban J connectivity index is 1.31. The van der Waals surface area contributed by atoms with E-state index in [4.69, 9.17) is 18.3 Å². The molecule has 14 nitrogen and oxygen atoms in total. The normalized spacial score (nSPS) is 32.9. The van der Waals surface area contributed by atoms with Crippen molar-refractivity contribution in [3.05, 3.63) is 91.6 Å². The Hall–Kier alpha value is -3.47. The third-order valence-electron chi connectivity index (χ3n) is 9.16. The van der Waals surface area contributed by atoms with Gasteiger partial charge in [0, 0.05) is 46.9 Å². The Bertz CT molecular complexity index is 1930. The topological polar surface area (TPSA) is 241 Å². The first-order valence-electron chi connectivity index (χ1n) is 15.2. The highest BCUT2D eigenvalue weighted by atomic mass is 32.2. The van der Waals surface area contributed by atoms with E-state index >= 15 is 0 Å². The summed E-state index contributed by atoms with van der Waals surface area (Å²) >= 11 is 0.352. The summed E-state index contributed by atoms with van der Waals surface area (Å²) in [6.07, 6.45) is -13.7. The van der Waals surface area contributed by atoms with Gasteiger partial charge < -0.3 is 59.2 Å². The highest BCUT2D eigenvalue weighted by Crippen LogP contribution is 2.43. The molecule has 2 aliphatic heterocycles. The Morgan fingerprint density at radius 1 is 0.588 bits per heavy atom. The van der Waals surface area contributed by atoms with E-state index in [1.807, 2.05) is 0 Å². The van der Waals surface area contributed by atoms with E-state index in [-0.39, 0.29) is 21.9 Å². The summed E-state index contributed by atoms with van der Waals surface area (Å²) < 4.78 is 76.4. The summed E-state index contributed by atoms with van der Waals surface area (Å²) in [6.45, 7) is -1.94. The van der Waals surface area contributed by atoms with E-state index in [0.717, 1.165) is 12.1 Å². The zero-order valence-electron chi connectivity index (χ0n) is 25.9. The van der Waals surface area contributed by atoms with E-state index in [2.05, 4.69) is 0 Å². The molecule has 2 aromatic carbocycles. The van der Waals surface area contributed by atoms with Crippen molar-refractivity contribution < 1.29 is 76.7 Å². The quantitative estimate of drug-likeness (QED) is 0.0823. The maximum atomic E-state index is 13.9. The molecule has 10 atom stereocenters. The number of hydrogen-bond donors (Lipinski definition) is 8. The second-order valence-electron chi connectivity index (χ2n) is 12.4. The van der Waals surface area contributed by atoms with E-state index < -0.39 is 130 Å². The lowest BCUT2D eigenvalue weighted by atomic mass is 9.80. The molecule has 0 radical (unpaired) electrons. The van der Waals surface area contributed by atoms with E-state index in [0.29, 0.717) is 36.0 Å². The van der Waals surface area contributed by atoms with Crippen LogP contribution in [0.1, 0.15) is 11.1 Å². The predicted molar refractivity (Wildman–Crippen MR) is 165 cm³/mol. The number of ether oxygens (including phenoxy) is 2. The first-order chi connectivity index (χ1) is 24.0. The lowest BCUT2D eigenvalue weighted by Crippen LogP contribution is -2.70. The molecular weight excluding hydrogens is 716 g/mol. The average Bonchev–Trinajstić information content (AvgIpc) is 3.08. The van der Waals surface area contributed by atoms with Crippen LogP contribution in [0.5, 0.6) is 0 Å². The van der Waals surface area contributed by atoms with Crippen LogP contribution >= 0.6 is 11.8 Å². The van der Waals surface area contributed by atoms with Crippen LogP contribution in [0.3, 0.4) is 0 Å². The SMILES string of the molecule is O=c1oc2cc(F)c(F)cc2cc1C[C@]1(O)[C@@H](O)[C@@H](CO)O[C@@H](S[C@@H]2O[C@H](CO)[C@H](O)[C@@](O)(Cc3cc4cc(F)c(F)cc4oc3=O)[C@H]2O)[C@@H]1O. The van der Waals surface area contributed by atoms with E-state index in [1.165, 1.54) is 0 Å². The third kappa shape index (κ3) is 6.57. The van der Waals surface area contributed by atoms with E-state index in [9.17, 15) is 68.0 Å². The summed E-state index contributed by atoms with van der Waals surface area (Å²) in [7, 11) is 0. The van der Waals surface area contributed by atoms with Crippen LogP contribution in [0.4, 0.5) is 17.6 Å². The van der Waals surface area contributed by atoms with Crippen LogP contribution in [-0.2, 0) is 22.3 Å². The maximum absolute atomic E-state index is 13.9. The van der Waals surface area contributed by atoms with Crippen LogP contribution in [0, 0.1) is 23.3 Å². The minimum atomic E-state index is -2.74. The first-order valence-corrected chi connectivity index (χ1v) is 16.1. The van der Waals surface area contributed by atoms with Crippen molar-refractivity contribution in [2.24, 2.45) is 0 Å². The monoisotopic (exact) mass is 746 g/mol. The van der Waals surface area contributed by atoms with Gasteiger partial charge in [-0.05, 0) is 24.3 Å². The van der Waals surface area contributed by atoms with E-state index in [1.54, 1.807) is 0 Å². The van der Waals surface area contributed by atoms with Gasteiger partial charge in [0.15, 0.2) is 23.3 Å². The smallest absolute Gasteiger partial charge is 0.339 e. The number of benzene rings is 2. The summed E-state index contributed by atoms with van der Waals surface area (Å²) in [5.41, 5.74) is -12.8. The molecule has 0 amide bonds. The second-order valence-corrected chi connectivity index (χ2v) is 13.6. The van der Waals surface area contributed by atoms with Crippen molar-refractivity contribution in [1.29, 1.82) is 0 Å². The van der Waals surface area contributed by atoms with Crippen LogP contribution in [0.2, 0.25) is 0 Å². The molecule has 0 saturated carbocycles. The second kappa shape index (κ2) is 13.8. The summed E-state index contributed by atoms with van der Waals surface area (Å²) in [6, 6.07) is 4.73. The molecule has 0 bridgehead atoms. The fourth-order valence-corrected chi connectivity index (χ4v) is 7.77. The summed E-state index contributed by atoms with van der Waals surface area (Å²) in [4.78, 5) is 25.5. The third-order valence-corrected chi connectivity index (χ3v) is 10.4. The van der Waals surface area contributed by atoms with Crippen LogP contribution in [0.15, 0.2) is 54.8 Å². The standard InChI is InChI=1S/C32H30F4O14S/c33-15-3-11-1-13(27(43)47-19(11)5-17(15)35)7-31(45)23(39)21(9-37)49-29(25(31)41)51-30-26(42)32(46,24(40)22(10-38)50-30)8-14-2-12-4-16(34)18(36)6-20(12)48-28(14)44/h1-6,21-26,29-30,37-42,45-46H,7-10H2/t21-,22-,23+,24+,25+,26+,29+,30+,31+,32+/m1/s1. The molecule has 4 heterocycles. The van der Waals surface area contributed by atoms with Gasteiger partial charge in [-0.25, -0.2) is 27.2 Å². The van der Waals surface area contributed by atoms with Crippen molar-refractivity contribution in [3.8, 4) is 0 Å². The Kier molecular flexibility index (Phi) is 10.1. The zero-order valence-corrected chi connectivity index (χ0v) is 26.7. The fourth-order valence-electron chi connectivity index (χ4n) is 6.33. The zero-order chi connectivity index (χ0) is 37.2. The van der Waals surface area contributed by atoms with Crippen molar-refractivity contribution in [1.82, 2.24) is 0 Å². The molecule has 6 rings (SSSR count). The van der Waals surface area contributed by atoms with Crippen molar-refractivity contribution in [2.75, 3.05) is 13.2 Å². The number of rotatable bonds is 8. The molecule has 4 aromatic rings. The van der Waals surface area contributed by atoms with Crippen LogP contribution < -0.4 is 11.3 Å². The van der Waals surface area contributed by atoms with Gasteiger partial charge in [-0.15, -0.1) is 0 Å². The molecule has 2 aromatic heterocycles. The lowest BCUT2D eigenvalue weighted by Gasteiger charge is -2.51. The van der Waals surface area contributed by atoms with Gasteiger partial charge in [0.1, 0.15) is 69.9 Å². The first kappa shape index (κ1) is 37.3. The highest BCUT2D eigenvalue weighted by molar-refractivity contribution is 8.00. The van der Waals surface area contributed by atoms with Crippen LogP contribution in [0.25, 0.3) is 21.9 Å². The van der Waals surface area contributed by atoms with Gasteiger partial charge in [0.25, 0.3) is 0 Å². The molecule has 276 valence electrons. The van der Waals surface area contributed by atoms with Gasteiger partial charge in [-0.2, -0.15) is 0 Å². The van der Waals surface area contributed by atoms with Crippen molar-refractivity contribution in [2.45, 2.75) is 71.5 Å². The molecule has 51 heavy (non-hydrogen) atoms. The highest BCUT2D eigenvalue weighted by Gasteiger charge is 2.59. The predicted octanol–water partition coefficient (Wildman–Crippen LogP) is -0.686. The van der Waals surface area contributed by atoms with Gasteiger partial charge in [0.2, 0.25) is 0 Å². The average molecular weight is 747 g/mol. The van der Waals surface area contributed by atoms with Gasteiger partial charge in [-0.3, -0.25) is 0 Å². The Labute approximate surface area is 286 Å².